The molecule has 2 rings (SSSR count). The van der Waals surface area contributed by atoms with Gasteiger partial charge in [-0.25, -0.2) is 4.79 Å². The molecule has 0 spiro atoms. The number of amides is 1. The topological polar surface area (TPSA) is 62.2 Å². The maximum absolute atomic E-state index is 11.9. The Morgan fingerprint density at radius 3 is 2.50 bits per heavy atom. The zero-order valence-corrected chi connectivity index (χ0v) is 11.4. The SMILES string of the molecule is O=C(OCc1ccccc1)N1CCN(OCCO)CC1. The Labute approximate surface area is 118 Å². The summed E-state index contributed by atoms with van der Waals surface area (Å²) in [5.74, 6) is 0. The minimum atomic E-state index is -0.296. The largest absolute Gasteiger partial charge is 0.445 e. The van der Waals surface area contributed by atoms with Crippen molar-refractivity contribution in [1.82, 2.24) is 9.96 Å². The van der Waals surface area contributed by atoms with Crippen molar-refractivity contribution >= 4 is 6.09 Å². The molecule has 0 saturated carbocycles. The number of carbonyl (C=O) groups excluding carboxylic acids is 1. The van der Waals surface area contributed by atoms with Crippen molar-refractivity contribution in [3.8, 4) is 0 Å². The fraction of sp³-hybridized carbons (Fsp3) is 0.500. The highest BCUT2D eigenvalue weighted by atomic mass is 16.7. The lowest BCUT2D eigenvalue weighted by Crippen LogP contribution is -2.48. The highest BCUT2D eigenvalue weighted by Crippen LogP contribution is 2.07. The summed E-state index contributed by atoms with van der Waals surface area (Å²) in [4.78, 5) is 18.9. The van der Waals surface area contributed by atoms with Gasteiger partial charge >= 0.3 is 6.09 Å². The number of ether oxygens (including phenoxy) is 1. The number of rotatable bonds is 5. The van der Waals surface area contributed by atoms with Crippen molar-refractivity contribution in [2.24, 2.45) is 0 Å². The van der Waals surface area contributed by atoms with E-state index in [1.165, 1.54) is 0 Å². The van der Waals surface area contributed by atoms with E-state index in [1.807, 2.05) is 30.3 Å². The van der Waals surface area contributed by atoms with Crippen LogP contribution in [-0.2, 0) is 16.2 Å². The molecule has 110 valence electrons. The molecule has 6 heteroatoms. The molecule has 1 heterocycles. The minimum absolute atomic E-state index is 0.000663. The number of aliphatic hydroxyl groups is 1. The number of piperazine rings is 1. The van der Waals surface area contributed by atoms with E-state index < -0.39 is 0 Å². The smallest absolute Gasteiger partial charge is 0.410 e. The van der Waals surface area contributed by atoms with E-state index in [1.54, 1.807) is 9.96 Å². The average Bonchev–Trinajstić information content (AvgIpc) is 2.52. The van der Waals surface area contributed by atoms with Crippen LogP contribution in [0, 0.1) is 0 Å². The fourth-order valence-corrected chi connectivity index (χ4v) is 1.98. The lowest BCUT2D eigenvalue weighted by atomic mass is 10.2. The summed E-state index contributed by atoms with van der Waals surface area (Å²) < 4.78 is 5.27. The van der Waals surface area contributed by atoms with Gasteiger partial charge in [-0.3, -0.25) is 4.84 Å². The van der Waals surface area contributed by atoms with E-state index in [-0.39, 0.29) is 12.7 Å². The van der Waals surface area contributed by atoms with E-state index in [2.05, 4.69) is 0 Å². The number of carbonyl (C=O) groups is 1. The van der Waals surface area contributed by atoms with Gasteiger partial charge in [0.2, 0.25) is 0 Å². The molecule has 1 aliphatic rings. The number of nitrogens with zero attached hydrogens (tertiary/aromatic N) is 2. The Bertz CT molecular complexity index is 405. The molecule has 1 N–H and O–H groups in total. The predicted molar refractivity (Wildman–Crippen MR) is 72.8 cm³/mol. The Balaban J connectivity index is 1.69. The second-order valence-corrected chi connectivity index (χ2v) is 4.51. The molecular formula is C14H20N2O4. The van der Waals surface area contributed by atoms with E-state index >= 15 is 0 Å². The zero-order chi connectivity index (χ0) is 14.2. The monoisotopic (exact) mass is 280 g/mol. The lowest BCUT2D eigenvalue weighted by molar-refractivity contribution is -0.180. The number of hydrogen-bond acceptors (Lipinski definition) is 5. The molecule has 1 fully saturated rings. The van der Waals surface area contributed by atoms with Crippen LogP contribution < -0.4 is 0 Å². The summed E-state index contributed by atoms with van der Waals surface area (Å²) in [5.41, 5.74) is 0.978. The van der Waals surface area contributed by atoms with Crippen LogP contribution in [0.1, 0.15) is 5.56 Å². The van der Waals surface area contributed by atoms with Gasteiger partial charge in [-0.1, -0.05) is 30.3 Å². The van der Waals surface area contributed by atoms with Crippen molar-refractivity contribution in [2.45, 2.75) is 6.61 Å². The third-order valence-electron chi connectivity index (χ3n) is 3.07. The van der Waals surface area contributed by atoms with E-state index in [4.69, 9.17) is 14.7 Å². The molecule has 1 aliphatic heterocycles. The lowest BCUT2D eigenvalue weighted by Gasteiger charge is -2.33. The van der Waals surface area contributed by atoms with Gasteiger partial charge in [0.1, 0.15) is 6.61 Å². The first-order chi connectivity index (χ1) is 9.79. The van der Waals surface area contributed by atoms with Crippen LogP contribution in [0.5, 0.6) is 0 Å². The summed E-state index contributed by atoms with van der Waals surface area (Å²) in [5, 5.41) is 10.4. The van der Waals surface area contributed by atoms with Crippen molar-refractivity contribution < 1.29 is 19.5 Å². The molecule has 0 aliphatic carbocycles. The molecule has 0 radical (unpaired) electrons. The van der Waals surface area contributed by atoms with Gasteiger partial charge in [-0.15, -0.1) is 0 Å². The van der Waals surface area contributed by atoms with E-state index in [0.29, 0.717) is 39.4 Å². The Morgan fingerprint density at radius 2 is 1.85 bits per heavy atom. The number of aliphatic hydroxyl groups excluding tert-OH is 1. The highest BCUT2D eigenvalue weighted by Gasteiger charge is 2.22. The molecular weight excluding hydrogens is 260 g/mol. The molecule has 20 heavy (non-hydrogen) atoms. The second-order valence-electron chi connectivity index (χ2n) is 4.51. The van der Waals surface area contributed by atoms with E-state index in [9.17, 15) is 4.79 Å². The second kappa shape index (κ2) is 7.84. The summed E-state index contributed by atoms with van der Waals surface area (Å²) in [6.45, 7) is 2.97. The van der Waals surface area contributed by atoms with Crippen LogP contribution in [0.15, 0.2) is 30.3 Å². The fourth-order valence-electron chi connectivity index (χ4n) is 1.98. The zero-order valence-electron chi connectivity index (χ0n) is 11.4. The Kier molecular flexibility index (Phi) is 5.79. The first-order valence-corrected chi connectivity index (χ1v) is 6.74. The van der Waals surface area contributed by atoms with Crippen molar-refractivity contribution in [1.29, 1.82) is 0 Å². The molecule has 6 nitrogen and oxygen atoms in total. The molecule has 1 amide bonds. The maximum Gasteiger partial charge on any atom is 0.410 e. The first kappa shape index (κ1) is 14.8. The number of hydroxylamine groups is 2. The molecule has 1 aromatic rings. The molecule has 0 bridgehead atoms. The van der Waals surface area contributed by atoms with Gasteiger partial charge in [0.05, 0.1) is 13.2 Å². The standard InChI is InChI=1S/C14H20N2O4/c17-10-11-20-16-8-6-15(7-9-16)14(18)19-12-13-4-2-1-3-5-13/h1-5,17H,6-12H2. The predicted octanol–water partition coefficient (Wildman–Crippen LogP) is 0.865. The Morgan fingerprint density at radius 1 is 1.15 bits per heavy atom. The maximum atomic E-state index is 11.9. The quantitative estimate of drug-likeness (QED) is 0.867. The normalized spacial score (nSPS) is 16.1. The van der Waals surface area contributed by atoms with Crippen LogP contribution >= 0.6 is 0 Å². The van der Waals surface area contributed by atoms with Crippen LogP contribution in [0.3, 0.4) is 0 Å². The number of hydrogen-bond donors (Lipinski definition) is 1. The summed E-state index contributed by atoms with van der Waals surface area (Å²) in [7, 11) is 0. The van der Waals surface area contributed by atoms with Gasteiger partial charge in [0.15, 0.2) is 0 Å². The highest BCUT2D eigenvalue weighted by molar-refractivity contribution is 5.67. The van der Waals surface area contributed by atoms with Gasteiger partial charge in [-0.05, 0) is 5.56 Å². The van der Waals surface area contributed by atoms with Crippen LogP contribution in [-0.4, -0.2) is 60.6 Å². The number of benzene rings is 1. The first-order valence-electron chi connectivity index (χ1n) is 6.74. The molecule has 0 aromatic heterocycles. The van der Waals surface area contributed by atoms with Gasteiger partial charge in [-0.2, -0.15) is 5.06 Å². The van der Waals surface area contributed by atoms with Crippen LogP contribution in [0.25, 0.3) is 0 Å². The summed E-state index contributed by atoms with van der Waals surface area (Å²) in [6.07, 6.45) is -0.296. The van der Waals surface area contributed by atoms with Crippen molar-refractivity contribution in [3.63, 3.8) is 0 Å². The molecule has 1 saturated heterocycles. The molecule has 0 unspecified atom stereocenters. The minimum Gasteiger partial charge on any atom is -0.445 e. The van der Waals surface area contributed by atoms with E-state index in [0.717, 1.165) is 5.56 Å². The van der Waals surface area contributed by atoms with Crippen LogP contribution in [0.2, 0.25) is 0 Å². The molecule has 1 aromatic carbocycles. The van der Waals surface area contributed by atoms with Crippen molar-refractivity contribution in [2.75, 3.05) is 39.4 Å². The van der Waals surface area contributed by atoms with Gasteiger partial charge in [0.25, 0.3) is 0 Å². The van der Waals surface area contributed by atoms with Gasteiger partial charge < -0.3 is 14.7 Å². The summed E-state index contributed by atoms with van der Waals surface area (Å²) >= 11 is 0. The summed E-state index contributed by atoms with van der Waals surface area (Å²) in [6, 6.07) is 9.61. The Hall–Kier alpha value is -1.63. The van der Waals surface area contributed by atoms with Crippen molar-refractivity contribution in [3.05, 3.63) is 35.9 Å². The average molecular weight is 280 g/mol. The third-order valence-corrected chi connectivity index (χ3v) is 3.07. The van der Waals surface area contributed by atoms with Gasteiger partial charge in [0, 0.05) is 26.2 Å². The molecule has 0 atom stereocenters. The third kappa shape index (κ3) is 4.48. The van der Waals surface area contributed by atoms with Crippen LogP contribution in [0.4, 0.5) is 4.79 Å².